The van der Waals surface area contributed by atoms with Crippen LogP contribution in [-0.4, -0.2) is 28.4 Å². The number of nitrogens with zero attached hydrogens (tertiary/aromatic N) is 4. The van der Waals surface area contributed by atoms with Gasteiger partial charge >= 0.3 is 0 Å². The van der Waals surface area contributed by atoms with E-state index in [4.69, 9.17) is 9.72 Å². The Balaban J connectivity index is 1.75. The Kier molecular flexibility index (Phi) is 3.49. The van der Waals surface area contributed by atoms with Crippen LogP contribution in [0.3, 0.4) is 0 Å². The number of methoxy groups -OCH3 is 1. The van der Waals surface area contributed by atoms with E-state index in [1.54, 1.807) is 18.4 Å². The fraction of sp³-hybridized carbons (Fsp3) is 0.412. The van der Waals surface area contributed by atoms with Gasteiger partial charge in [-0.3, -0.25) is 0 Å². The van der Waals surface area contributed by atoms with Crippen molar-refractivity contribution in [1.29, 1.82) is 0 Å². The molecule has 1 fully saturated rings. The van der Waals surface area contributed by atoms with Crippen LogP contribution in [-0.2, 0) is 7.05 Å². The number of aryl methyl sites for hydroxylation is 2. The van der Waals surface area contributed by atoms with Crippen molar-refractivity contribution in [3.05, 3.63) is 35.5 Å². The zero-order valence-electron chi connectivity index (χ0n) is 13.6. The van der Waals surface area contributed by atoms with E-state index < -0.39 is 0 Å². The lowest BCUT2D eigenvalue weighted by Gasteiger charge is -2.25. The second-order valence-electron chi connectivity index (χ2n) is 5.95. The number of fused-ring (bicyclic) bond motifs is 1. The third kappa shape index (κ3) is 2.28. The molecule has 0 unspecified atom stereocenters. The number of benzene rings is 1. The summed E-state index contributed by atoms with van der Waals surface area (Å²) in [7, 11) is 3.70. The summed E-state index contributed by atoms with van der Waals surface area (Å²) >= 11 is 1.74. The number of aromatic nitrogens is 3. The molecular formula is C17H20N4OS. The Bertz CT molecular complexity index is 819. The summed E-state index contributed by atoms with van der Waals surface area (Å²) in [6.07, 6.45) is 2.31. The standard InChI is InChI=1S/C17H20N4OS/c1-11-15-16(20(2)19-11)18-17(23-15)21-10-6-8-13(21)12-7-4-5-9-14(12)22-3/h4-5,7,9,13H,6,8,10H2,1-3H3/t13-/m1/s1. The maximum atomic E-state index is 5.57. The summed E-state index contributed by atoms with van der Waals surface area (Å²) in [5, 5.41) is 5.54. The maximum Gasteiger partial charge on any atom is 0.188 e. The summed E-state index contributed by atoms with van der Waals surface area (Å²) < 4.78 is 8.63. The van der Waals surface area contributed by atoms with Gasteiger partial charge in [-0.25, -0.2) is 9.67 Å². The molecule has 1 atom stereocenters. The quantitative estimate of drug-likeness (QED) is 0.735. The van der Waals surface area contributed by atoms with E-state index in [2.05, 4.69) is 22.1 Å². The van der Waals surface area contributed by atoms with Crippen molar-refractivity contribution in [3.8, 4) is 5.75 Å². The first kappa shape index (κ1) is 14.5. The molecule has 0 amide bonds. The molecule has 1 aliphatic rings. The minimum Gasteiger partial charge on any atom is -0.496 e. The number of anilines is 1. The molecular weight excluding hydrogens is 308 g/mol. The highest BCUT2D eigenvalue weighted by molar-refractivity contribution is 7.22. The first-order valence-electron chi connectivity index (χ1n) is 7.88. The van der Waals surface area contributed by atoms with Crippen molar-refractivity contribution in [2.24, 2.45) is 7.05 Å². The molecule has 5 nitrogen and oxygen atoms in total. The topological polar surface area (TPSA) is 43.2 Å². The van der Waals surface area contributed by atoms with Crippen LogP contribution in [0.4, 0.5) is 5.13 Å². The maximum absolute atomic E-state index is 5.57. The molecule has 120 valence electrons. The third-order valence-electron chi connectivity index (χ3n) is 4.53. The predicted molar refractivity (Wildman–Crippen MR) is 93.4 cm³/mol. The van der Waals surface area contributed by atoms with Gasteiger partial charge in [0.2, 0.25) is 0 Å². The Morgan fingerprint density at radius 1 is 1.30 bits per heavy atom. The van der Waals surface area contributed by atoms with Gasteiger partial charge in [-0.1, -0.05) is 29.5 Å². The minimum atomic E-state index is 0.333. The van der Waals surface area contributed by atoms with Gasteiger partial charge in [0.1, 0.15) is 5.75 Å². The molecule has 0 radical (unpaired) electrons. The lowest BCUT2D eigenvalue weighted by Crippen LogP contribution is -2.22. The van der Waals surface area contributed by atoms with Gasteiger partial charge in [0.25, 0.3) is 0 Å². The van der Waals surface area contributed by atoms with Crippen molar-refractivity contribution in [2.45, 2.75) is 25.8 Å². The zero-order chi connectivity index (χ0) is 16.0. The Labute approximate surface area is 139 Å². The van der Waals surface area contributed by atoms with Crippen LogP contribution in [0.2, 0.25) is 0 Å². The number of hydrogen-bond acceptors (Lipinski definition) is 5. The molecule has 6 heteroatoms. The Hall–Kier alpha value is -2.08. The number of ether oxygens (including phenoxy) is 1. The number of thiazole rings is 1. The van der Waals surface area contributed by atoms with Crippen molar-refractivity contribution < 1.29 is 4.74 Å². The molecule has 0 aliphatic carbocycles. The summed E-state index contributed by atoms with van der Waals surface area (Å²) in [6.45, 7) is 3.08. The molecule has 4 rings (SSSR count). The Morgan fingerprint density at radius 2 is 2.13 bits per heavy atom. The van der Waals surface area contributed by atoms with E-state index in [0.29, 0.717) is 6.04 Å². The van der Waals surface area contributed by atoms with E-state index in [-0.39, 0.29) is 0 Å². The molecule has 1 aromatic carbocycles. The number of para-hydroxylation sites is 1. The van der Waals surface area contributed by atoms with E-state index in [1.165, 1.54) is 16.7 Å². The smallest absolute Gasteiger partial charge is 0.188 e. The van der Waals surface area contributed by atoms with Gasteiger partial charge in [0.15, 0.2) is 10.8 Å². The van der Waals surface area contributed by atoms with Crippen molar-refractivity contribution in [3.63, 3.8) is 0 Å². The van der Waals surface area contributed by atoms with Crippen LogP contribution in [0.15, 0.2) is 24.3 Å². The second-order valence-corrected chi connectivity index (χ2v) is 6.93. The van der Waals surface area contributed by atoms with Crippen LogP contribution in [0, 0.1) is 6.92 Å². The van der Waals surface area contributed by atoms with E-state index in [9.17, 15) is 0 Å². The van der Waals surface area contributed by atoms with E-state index in [1.807, 2.05) is 30.8 Å². The molecule has 1 saturated heterocycles. The molecule has 1 aliphatic heterocycles. The summed E-state index contributed by atoms with van der Waals surface area (Å²) in [4.78, 5) is 7.27. The highest BCUT2D eigenvalue weighted by Gasteiger charge is 2.31. The first-order valence-corrected chi connectivity index (χ1v) is 8.70. The molecule has 0 bridgehead atoms. The largest absolute Gasteiger partial charge is 0.496 e. The number of hydrogen-bond donors (Lipinski definition) is 0. The van der Waals surface area contributed by atoms with Crippen LogP contribution in [0.25, 0.3) is 10.3 Å². The minimum absolute atomic E-state index is 0.333. The van der Waals surface area contributed by atoms with Gasteiger partial charge in [0, 0.05) is 19.2 Å². The summed E-state index contributed by atoms with van der Waals surface area (Å²) in [6, 6.07) is 8.65. The SMILES string of the molecule is COc1ccccc1[C@H]1CCCN1c1nc2c(s1)c(C)nn2C. The fourth-order valence-electron chi connectivity index (χ4n) is 3.46. The first-order chi connectivity index (χ1) is 11.2. The monoisotopic (exact) mass is 328 g/mol. The molecule has 2 aromatic heterocycles. The highest BCUT2D eigenvalue weighted by Crippen LogP contribution is 2.42. The summed E-state index contributed by atoms with van der Waals surface area (Å²) in [5.41, 5.74) is 3.29. The van der Waals surface area contributed by atoms with Crippen molar-refractivity contribution in [1.82, 2.24) is 14.8 Å². The second kappa shape index (κ2) is 5.53. The van der Waals surface area contributed by atoms with E-state index >= 15 is 0 Å². The van der Waals surface area contributed by atoms with Gasteiger partial charge < -0.3 is 9.64 Å². The Morgan fingerprint density at radius 3 is 2.91 bits per heavy atom. The number of rotatable bonds is 3. The van der Waals surface area contributed by atoms with Crippen LogP contribution in [0.5, 0.6) is 5.75 Å². The van der Waals surface area contributed by atoms with E-state index in [0.717, 1.165) is 35.2 Å². The van der Waals surface area contributed by atoms with Gasteiger partial charge in [0.05, 0.1) is 23.5 Å². The zero-order valence-corrected chi connectivity index (χ0v) is 14.4. The van der Waals surface area contributed by atoms with Gasteiger partial charge in [-0.15, -0.1) is 0 Å². The molecule has 0 saturated carbocycles. The molecule has 0 spiro atoms. The highest BCUT2D eigenvalue weighted by atomic mass is 32.1. The summed E-state index contributed by atoms with van der Waals surface area (Å²) in [5.74, 6) is 0.961. The van der Waals surface area contributed by atoms with Crippen LogP contribution >= 0.6 is 11.3 Å². The average molecular weight is 328 g/mol. The fourth-order valence-corrected chi connectivity index (χ4v) is 4.57. The van der Waals surface area contributed by atoms with Crippen molar-refractivity contribution >= 4 is 26.8 Å². The lowest BCUT2D eigenvalue weighted by atomic mass is 10.0. The van der Waals surface area contributed by atoms with Gasteiger partial charge in [-0.05, 0) is 25.8 Å². The van der Waals surface area contributed by atoms with Crippen LogP contribution < -0.4 is 9.64 Å². The molecule has 0 N–H and O–H groups in total. The molecule has 3 heterocycles. The normalized spacial score (nSPS) is 18.0. The lowest BCUT2D eigenvalue weighted by molar-refractivity contribution is 0.405. The molecule has 3 aromatic rings. The van der Waals surface area contributed by atoms with Crippen molar-refractivity contribution in [2.75, 3.05) is 18.6 Å². The van der Waals surface area contributed by atoms with Gasteiger partial charge in [-0.2, -0.15) is 5.10 Å². The molecule has 23 heavy (non-hydrogen) atoms. The average Bonchev–Trinajstić information content (AvgIpc) is 3.25. The third-order valence-corrected chi connectivity index (χ3v) is 5.72. The predicted octanol–water partition coefficient (Wildman–Crippen LogP) is 3.69. The van der Waals surface area contributed by atoms with Crippen LogP contribution in [0.1, 0.15) is 30.1 Å².